The van der Waals surface area contributed by atoms with Gasteiger partial charge in [0.15, 0.2) is 0 Å². The van der Waals surface area contributed by atoms with Gasteiger partial charge in [0.2, 0.25) is 5.91 Å². The average Bonchev–Trinajstić information content (AvgIpc) is 2.35. The van der Waals surface area contributed by atoms with Crippen molar-refractivity contribution in [3.63, 3.8) is 0 Å². The van der Waals surface area contributed by atoms with Crippen LogP contribution in [0.4, 0.5) is 0 Å². The van der Waals surface area contributed by atoms with Crippen LogP contribution in [0.25, 0.3) is 0 Å². The number of hydrogen-bond acceptors (Lipinski definition) is 3. The van der Waals surface area contributed by atoms with Crippen molar-refractivity contribution < 1.29 is 14.6 Å². The number of nitrogens with one attached hydrogen (secondary N) is 1. The first-order chi connectivity index (χ1) is 8.19. The van der Waals surface area contributed by atoms with E-state index in [0.717, 1.165) is 25.7 Å². The van der Waals surface area contributed by atoms with E-state index in [1.165, 1.54) is 0 Å². The number of hydrogen-bond donors (Lipinski definition) is 2. The number of aliphatic hydroxyl groups is 1. The van der Waals surface area contributed by atoms with Gasteiger partial charge in [0, 0.05) is 19.6 Å². The molecule has 0 fully saturated rings. The number of methoxy groups -OCH3 is 1. The van der Waals surface area contributed by atoms with Crippen molar-refractivity contribution >= 4 is 5.91 Å². The van der Waals surface area contributed by atoms with E-state index < -0.39 is 0 Å². The predicted octanol–water partition coefficient (Wildman–Crippen LogP) is 1.72. The van der Waals surface area contributed by atoms with Crippen molar-refractivity contribution in [3.05, 3.63) is 0 Å². The van der Waals surface area contributed by atoms with Crippen LogP contribution in [0, 0.1) is 5.92 Å². The van der Waals surface area contributed by atoms with Gasteiger partial charge in [-0.05, 0) is 19.3 Å². The Kier molecular flexibility index (Phi) is 10.2. The van der Waals surface area contributed by atoms with Crippen molar-refractivity contribution in [2.75, 3.05) is 20.3 Å². The van der Waals surface area contributed by atoms with Crippen LogP contribution in [-0.2, 0) is 9.53 Å². The lowest BCUT2D eigenvalue weighted by Crippen LogP contribution is -2.41. The average molecular weight is 245 g/mol. The SMILES string of the molecule is CCCCC(CC)C(=O)NC(CO)CCOC. The van der Waals surface area contributed by atoms with Gasteiger partial charge in [-0.3, -0.25) is 4.79 Å². The second kappa shape index (κ2) is 10.5. The van der Waals surface area contributed by atoms with Crippen molar-refractivity contribution in [2.45, 2.75) is 52.0 Å². The quantitative estimate of drug-likeness (QED) is 0.616. The third kappa shape index (κ3) is 7.34. The van der Waals surface area contributed by atoms with Crippen molar-refractivity contribution in [2.24, 2.45) is 5.92 Å². The Morgan fingerprint density at radius 1 is 1.35 bits per heavy atom. The number of rotatable bonds is 10. The molecule has 0 radical (unpaired) electrons. The van der Waals surface area contributed by atoms with E-state index >= 15 is 0 Å². The van der Waals surface area contributed by atoms with E-state index in [9.17, 15) is 4.79 Å². The first kappa shape index (κ1) is 16.4. The molecule has 0 aromatic heterocycles. The van der Waals surface area contributed by atoms with Crippen molar-refractivity contribution in [3.8, 4) is 0 Å². The Morgan fingerprint density at radius 3 is 2.53 bits per heavy atom. The lowest BCUT2D eigenvalue weighted by atomic mass is 9.98. The normalized spacial score (nSPS) is 14.4. The smallest absolute Gasteiger partial charge is 0.223 e. The van der Waals surface area contributed by atoms with Crippen LogP contribution in [0.1, 0.15) is 46.0 Å². The van der Waals surface area contributed by atoms with E-state index in [0.29, 0.717) is 13.0 Å². The molecule has 0 bridgehead atoms. The number of unbranched alkanes of at least 4 members (excludes halogenated alkanes) is 1. The van der Waals surface area contributed by atoms with Crippen LogP contribution in [-0.4, -0.2) is 37.4 Å². The van der Waals surface area contributed by atoms with E-state index in [2.05, 4.69) is 12.2 Å². The fourth-order valence-electron chi connectivity index (χ4n) is 1.76. The number of carbonyl (C=O) groups is 1. The number of amides is 1. The van der Waals surface area contributed by atoms with Crippen LogP contribution in [0.15, 0.2) is 0 Å². The zero-order valence-corrected chi connectivity index (χ0v) is 11.4. The van der Waals surface area contributed by atoms with Gasteiger partial charge >= 0.3 is 0 Å². The molecule has 0 spiro atoms. The van der Waals surface area contributed by atoms with Crippen molar-refractivity contribution in [1.29, 1.82) is 0 Å². The van der Waals surface area contributed by atoms with Gasteiger partial charge in [-0.2, -0.15) is 0 Å². The first-order valence-electron chi connectivity index (χ1n) is 6.59. The third-order valence-corrected chi connectivity index (χ3v) is 3.01. The highest BCUT2D eigenvalue weighted by molar-refractivity contribution is 5.78. The van der Waals surface area contributed by atoms with Gasteiger partial charge in [-0.25, -0.2) is 0 Å². The molecule has 0 aliphatic heterocycles. The van der Waals surface area contributed by atoms with Crippen LogP contribution < -0.4 is 5.32 Å². The Bertz CT molecular complexity index is 197. The molecule has 0 aliphatic rings. The van der Waals surface area contributed by atoms with Gasteiger partial charge in [0.25, 0.3) is 0 Å². The third-order valence-electron chi connectivity index (χ3n) is 3.01. The molecule has 0 aliphatic carbocycles. The van der Waals surface area contributed by atoms with Gasteiger partial charge in [-0.1, -0.05) is 26.7 Å². The summed E-state index contributed by atoms with van der Waals surface area (Å²) in [7, 11) is 1.62. The van der Waals surface area contributed by atoms with Crippen LogP contribution in [0.2, 0.25) is 0 Å². The maximum atomic E-state index is 11.9. The highest BCUT2D eigenvalue weighted by Gasteiger charge is 2.18. The zero-order valence-electron chi connectivity index (χ0n) is 11.4. The molecule has 4 nitrogen and oxygen atoms in total. The molecule has 0 rings (SSSR count). The molecule has 1 amide bonds. The monoisotopic (exact) mass is 245 g/mol. The van der Waals surface area contributed by atoms with E-state index in [1.807, 2.05) is 6.92 Å². The molecule has 0 saturated carbocycles. The minimum absolute atomic E-state index is 0.0285. The Labute approximate surface area is 105 Å². The summed E-state index contributed by atoms with van der Waals surface area (Å²) in [6.45, 7) is 4.68. The highest BCUT2D eigenvalue weighted by Crippen LogP contribution is 2.13. The fourth-order valence-corrected chi connectivity index (χ4v) is 1.76. The topological polar surface area (TPSA) is 58.6 Å². The first-order valence-corrected chi connectivity index (χ1v) is 6.59. The Hall–Kier alpha value is -0.610. The Balaban J connectivity index is 4.07. The van der Waals surface area contributed by atoms with Gasteiger partial charge < -0.3 is 15.2 Å². The molecular formula is C13H27NO3. The standard InChI is InChI=1S/C13H27NO3/c1-4-6-7-11(5-2)13(16)14-12(10-15)8-9-17-3/h11-12,15H,4-10H2,1-3H3,(H,14,16). The van der Waals surface area contributed by atoms with Gasteiger partial charge in [0.1, 0.15) is 0 Å². The fraction of sp³-hybridized carbons (Fsp3) is 0.923. The zero-order chi connectivity index (χ0) is 13.1. The molecule has 0 heterocycles. The minimum Gasteiger partial charge on any atom is -0.394 e. The molecule has 4 heteroatoms. The summed E-state index contributed by atoms with van der Waals surface area (Å²) in [5, 5.41) is 12.1. The second-order valence-corrected chi connectivity index (χ2v) is 4.42. The summed E-state index contributed by atoms with van der Waals surface area (Å²) in [5.74, 6) is 0.141. The number of carbonyl (C=O) groups excluding carboxylic acids is 1. The molecule has 102 valence electrons. The number of ether oxygens (including phenoxy) is 1. The lowest BCUT2D eigenvalue weighted by Gasteiger charge is -2.20. The molecule has 2 atom stereocenters. The van der Waals surface area contributed by atoms with Crippen LogP contribution in [0.3, 0.4) is 0 Å². The molecule has 2 unspecified atom stereocenters. The maximum absolute atomic E-state index is 11.9. The summed E-state index contributed by atoms with van der Waals surface area (Å²) >= 11 is 0. The van der Waals surface area contributed by atoms with E-state index in [-0.39, 0.29) is 24.5 Å². The molecule has 0 aromatic rings. The summed E-state index contributed by atoms with van der Waals surface area (Å²) in [6, 6.07) is -0.182. The number of aliphatic hydroxyl groups excluding tert-OH is 1. The molecule has 0 saturated heterocycles. The van der Waals surface area contributed by atoms with Gasteiger partial charge in [-0.15, -0.1) is 0 Å². The van der Waals surface area contributed by atoms with E-state index in [4.69, 9.17) is 9.84 Å². The predicted molar refractivity (Wildman–Crippen MR) is 68.8 cm³/mol. The molecule has 2 N–H and O–H groups in total. The lowest BCUT2D eigenvalue weighted by molar-refractivity contribution is -0.126. The maximum Gasteiger partial charge on any atom is 0.223 e. The summed E-state index contributed by atoms with van der Waals surface area (Å²) in [4.78, 5) is 11.9. The van der Waals surface area contributed by atoms with E-state index in [1.54, 1.807) is 7.11 Å². The molecular weight excluding hydrogens is 218 g/mol. The summed E-state index contributed by atoms with van der Waals surface area (Å²) in [5.41, 5.74) is 0. The largest absolute Gasteiger partial charge is 0.394 e. The van der Waals surface area contributed by atoms with Crippen molar-refractivity contribution in [1.82, 2.24) is 5.32 Å². The highest BCUT2D eigenvalue weighted by atomic mass is 16.5. The van der Waals surface area contributed by atoms with Gasteiger partial charge in [0.05, 0.1) is 12.6 Å². The summed E-state index contributed by atoms with van der Waals surface area (Å²) < 4.78 is 4.95. The molecule has 17 heavy (non-hydrogen) atoms. The molecule has 0 aromatic carbocycles. The Morgan fingerprint density at radius 2 is 2.06 bits per heavy atom. The van der Waals surface area contributed by atoms with Crippen LogP contribution >= 0.6 is 0 Å². The minimum atomic E-state index is -0.182. The van der Waals surface area contributed by atoms with Crippen LogP contribution in [0.5, 0.6) is 0 Å². The second-order valence-electron chi connectivity index (χ2n) is 4.42. The summed E-state index contributed by atoms with van der Waals surface area (Å²) in [6.07, 6.45) is 4.63.